The van der Waals surface area contributed by atoms with Crippen molar-refractivity contribution in [2.45, 2.75) is 138 Å². The lowest BCUT2D eigenvalue weighted by Gasteiger charge is -2.11. The van der Waals surface area contributed by atoms with E-state index in [1.54, 1.807) is 149 Å². The van der Waals surface area contributed by atoms with Gasteiger partial charge in [0.15, 0.2) is 5.76 Å². The standard InChI is InChI=1S/C19H21N5O3.C19H21N5O2S.C18H18ClN5O2.C18H19N5O2.C16H17N5O3/c2*1-11(2)14-10-17(25)22-19(20-14)24-16(9-12(3)23-24)21-18(26)13-7-5-6-8-15(13)27-4;1-10(2)14-9-16(25)22-18(20-14)24-15(8-11(3)23-24)21-17(26)12-4-6-13(19)7-5-12;1-11(2)14-10-16(24)21-18(19-14)23-15(9-12(3)22-23)20-17(25)13-7-5-4-6-8-13;1-9(2)11-8-14(22)19-16(17-11)21-13(7-10(3)20-21)18-15(23)12-5-4-6-24-12/h2*5-11H,1-4H3,(H,21,26)(H,20,22,25);4-10H,1-3H3,(H,21,26)(H,20,22,25);4-11H,1-3H3,(H,20,25)(H,19,21,24);4-9H,1-3H3,(H,18,23)(H,17,19,22). The number of amides is 5. The van der Waals surface area contributed by atoms with E-state index in [4.69, 9.17) is 20.8 Å². The number of para-hydroxylation sites is 1. The molecule has 5 amide bonds. The molecule has 0 atom stereocenters. The number of nitrogens with zero attached hydrogens (tertiary/aromatic N) is 15. The molecule has 39 heteroatoms. The van der Waals surface area contributed by atoms with Gasteiger partial charge in [-0.25, -0.2) is 24.9 Å². The van der Waals surface area contributed by atoms with Crippen molar-refractivity contribution in [1.82, 2.24) is 98.7 Å². The zero-order chi connectivity index (χ0) is 93.2. The highest BCUT2D eigenvalue weighted by molar-refractivity contribution is 7.98. The molecule has 0 bridgehead atoms. The van der Waals surface area contributed by atoms with Crippen molar-refractivity contribution in [1.29, 1.82) is 0 Å². The summed E-state index contributed by atoms with van der Waals surface area (Å²) in [6.07, 6.45) is 3.34. The highest BCUT2D eigenvalue weighted by Crippen LogP contribution is 2.27. The zero-order valence-corrected chi connectivity index (χ0v) is 75.2. The number of aromatic nitrogens is 20. The summed E-state index contributed by atoms with van der Waals surface area (Å²) < 4.78 is 17.4. The Morgan fingerprint density at radius 2 is 0.643 bits per heavy atom. The van der Waals surface area contributed by atoms with Crippen LogP contribution in [-0.4, -0.2) is 142 Å². The molecule has 11 heterocycles. The van der Waals surface area contributed by atoms with Crippen molar-refractivity contribution in [3.05, 3.63) is 324 Å². The Kier molecular flexibility index (Phi) is 30.9. The second-order valence-corrected chi connectivity index (χ2v) is 32.0. The summed E-state index contributed by atoms with van der Waals surface area (Å²) in [5.74, 6) is 2.85. The summed E-state index contributed by atoms with van der Waals surface area (Å²) in [7, 11) is 1.51. The Hall–Kier alpha value is -15.6. The first kappa shape index (κ1) is 94.1. The first-order chi connectivity index (χ1) is 61.5. The van der Waals surface area contributed by atoms with Crippen LogP contribution in [0.3, 0.4) is 0 Å². The first-order valence-electron chi connectivity index (χ1n) is 40.6. The van der Waals surface area contributed by atoms with Crippen LogP contribution in [0.2, 0.25) is 5.02 Å². The Bertz CT molecular complexity index is 6680. The van der Waals surface area contributed by atoms with E-state index in [0.717, 1.165) is 4.90 Å². The van der Waals surface area contributed by atoms with Crippen LogP contribution in [0.4, 0.5) is 29.1 Å². The summed E-state index contributed by atoms with van der Waals surface area (Å²) in [6, 6.07) is 48.8. The molecule has 129 heavy (non-hydrogen) atoms. The molecule has 4 aromatic carbocycles. The molecular weight excluding hydrogens is 1690 g/mol. The van der Waals surface area contributed by atoms with Crippen LogP contribution in [-0.2, 0) is 0 Å². The van der Waals surface area contributed by atoms with Crippen LogP contribution >= 0.6 is 23.4 Å². The van der Waals surface area contributed by atoms with Gasteiger partial charge >= 0.3 is 0 Å². The molecule has 666 valence electrons. The number of rotatable bonds is 22. The molecule has 0 spiro atoms. The Balaban J connectivity index is 0.000000156. The van der Waals surface area contributed by atoms with E-state index in [1.807, 2.05) is 107 Å². The molecule has 15 rings (SSSR count). The minimum absolute atomic E-state index is 0.0781. The maximum absolute atomic E-state index is 12.8. The van der Waals surface area contributed by atoms with Gasteiger partial charge in [-0.05, 0) is 143 Å². The number of methoxy groups -OCH3 is 1. The number of carbonyl (C=O) groups excluding carboxylic acids is 5. The van der Waals surface area contributed by atoms with Crippen molar-refractivity contribution in [2.24, 2.45) is 0 Å². The van der Waals surface area contributed by atoms with Crippen molar-refractivity contribution >= 4 is 82.0 Å². The number of aromatic amines is 5. The van der Waals surface area contributed by atoms with Gasteiger partial charge in [0.2, 0.25) is 29.7 Å². The van der Waals surface area contributed by atoms with E-state index in [9.17, 15) is 47.9 Å². The summed E-state index contributed by atoms with van der Waals surface area (Å²) in [4.78, 5) is 159. The number of furan rings is 1. The second kappa shape index (κ2) is 42.4. The van der Waals surface area contributed by atoms with Crippen molar-refractivity contribution < 1.29 is 33.1 Å². The van der Waals surface area contributed by atoms with Gasteiger partial charge in [0, 0.05) is 81.7 Å². The van der Waals surface area contributed by atoms with Gasteiger partial charge in [-0.3, -0.25) is 72.9 Å². The third-order valence-electron chi connectivity index (χ3n) is 18.7. The SMILES string of the molecule is COc1ccccc1C(=O)Nc1cc(C)nn1-c1nc(C(C)C)cc(=O)[nH]1.CSc1ccccc1C(=O)Nc1cc(C)nn1-c1nc(C(C)C)cc(=O)[nH]1.Cc1cc(NC(=O)c2ccc(Cl)cc2)n(-c2nc(C(C)C)cc(=O)[nH]2)n1.Cc1cc(NC(=O)c2ccccc2)n(-c2nc(C(C)C)cc(=O)[nH]2)n1.Cc1cc(NC(=O)c2ccco2)n(-c2nc(C(C)C)cc(=O)[nH]2)n1. The summed E-state index contributed by atoms with van der Waals surface area (Å²) >= 11 is 7.36. The molecular formula is C90H96ClN25O12S. The fraction of sp³-hybridized carbons (Fsp3) is 0.244. The van der Waals surface area contributed by atoms with Gasteiger partial charge in [0.1, 0.15) is 34.8 Å². The van der Waals surface area contributed by atoms with Crippen LogP contribution < -0.4 is 59.1 Å². The fourth-order valence-corrected chi connectivity index (χ4v) is 13.0. The summed E-state index contributed by atoms with van der Waals surface area (Å²) in [5.41, 5.74) is 7.25. The zero-order valence-electron chi connectivity index (χ0n) is 73.6. The molecule has 37 nitrogen and oxygen atoms in total. The van der Waals surface area contributed by atoms with E-state index >= 15 is 0 Å². The summed E-state index contributed by atoms with van der Waals surface area (Å²) in [5, 5.41) is 36.2. The molecule has 0 aliphatic heterocycles. The van der Waals surface area contributed by atoms with E-state index in [1.165, 1.54) is 78.9 Å². The normalized spacial score (nSPS) is 10.9. The smallest absolute Gasteiger partial charge is 0.292 e. The summed E-state index contributed by atoms with van der Waals surface area (Å²) in [6.45, 7) is 28.5. The third-order valence-corrected chi connectivity index (χ3v) is 19.7. The van der Waals surface area contributed by atoms with Crippen LogP contribution in [0.1, 0.15) is 208 Å². The van der Waals surface area contributed by atoms with Crippen molar-refractivity contribution in [2.75, 3.05) is 39.9 Å². The minimum Gasteiger partial charge on any atom is -0.496 e. The van der Waals surface area contributed by atoms with E-state index in [2.05, 4.69) is 102 Å². The molecule has 15 aromatic rings. The maximum atomic E-state index is 12.8. The van der Waals surface area contributed by atoms with Crippen LogP contribution in [0.25, 0.3) is 29.7 Å². The average molecular weight is 1790 g/mol. The monoisotopic (exact) mass is 1790 g/mol. The van der Waals surface area contributed by atoms with Crippen LogP contribution in [0.15, 0.2) is 215 Å². The molecule has 0 saturated carbocycles. The van der Waals surface area contributed by atoms with Crippen LogP contribution in [0.5, 0.6) is 5.75 Å². The number of aryl methyl sites for hydroxylation is 5. The van der Waals surface area contributed by atoms with E-state index in [-0.39, 0.29) is 117 Å². The number of hydrogen-bond acceptors (Lipinski definition) is 23. The van der Waals surface area contributed by atoms with E-state index in [0.29, 0.717) is 119 Å². The topological polar surface area (TPSA) is 486 Å². The molecule has 0 radical (unpaired) electrons. The number of anilines is 5. The quantitative estimate of drug-likeness (QED) is 0.0282. The van der Waals surface area contributed by atoms with E-state index < -0.39 is 5.91 Å². The lowest BCUT2D eigenvalue weighted by molar-refractivity contribution is 0.0991. The average Bonchev–Trinajstić information content (AvgIpc) is 1.70. The molecule has 0 saturated heterocycles. The number of carbonyl (C=O) groups is 5. The maximum Gasteiger partial charge on any atom is 0.292 e. The lowest BCUT2D eigenvalue weighted by Crippen LogP contribution is -2.20. The lowest BCUT2D eigenvalue weighted by atomic mass is 10.1. The molecule has 0 unspecified atom stereocenters. The van der Waals surface area contributed by atoms with Gasteiger partial charge in [-0.15, -0.1) is 11.8 Å². The Morgan fingerprint density at radius 3 is 0.953 bits per heavy atom. The van der Waals surface area contributed by atoms with Gasteiger partial charge in [-0.2, -0.15) is 48.9 Å². The van der Waals surface area contributed by atoms with Gasteiger partial charge in [-0.1, -0.05) is 123 Å². The molecule has 11 aromatic heterocycles. The first-order valence-corrected chi connectivity index (χ1v) is 42.2. The molecule has 0 aliphatic rings. The largest absolute Gasteiger partial charge is 0.496 e. The van der Waals surface area contributed by atoms with Gasteiger partial charge in [0.25, 0.3) is 57.3 Å². The van der Waals surface area contributed by atoms with Gasteiger partial charge < -0.3 is 35.7 Å². The number of nitrogens with one attached hydrogen (secondary N) is 10. The number of H-pyrrole nitrogens is 5. The van der Waals surface area contributed by atoms with Crippen LogP contribution in [0, 0.1) is 34.6 Å². The predicted octanol–water partition coefficient (Wildman–Crippen LogP) is 14.2. The minimum atomic E-state index is -0.413. The van der Waals surface area contributed by atoms with Crippen molar-refractivity contribution in [3.63, 3.8) is 0 Å². The predicted molar refractivity (Wildman–Crippen MR) is 492 cm³/mol. The second-order valence-electron chi connectivity index (χ2n) is 30.7. The molecule has 10 N–H and O–H groups in total. The van der Waals surface area contributed by atoms with Gasteiger partial charge in [0.05, 0.1) is 81.4 Å². The number of hydrogen-bond donors (Lipinski definition) is 10. The highest BCUT2D eigenvalue weighted by Gasteiger charge is 2.24. The highest BCUT2D eigenvalue weighted by atomic mass is 35.5. The Labute approximate surface area is 747 Å². The molecule has 0 aliphatic carbocycles. The third kappa shape index (κ3) is 24.7. The number of halogens is 1. The fourth-order valence-electron chi connectivity index (χ4n) is 12.2. The number of ether oxygens (including phenoxy) is 1. The number of benzene rings is 4. The molecule has 0 fully saturated rings. The number of thioether (sulfide) groups is 1. The Morgan fingerprint density at radius 1 is 0.357 bits per heavy atom. The van der Waals surface area contributed by atoms with Crippen molar-refractivity contribution in [3.8, 4) is 35.5 Å².